The smallest absolute Gasteiger partial charge is 0.261 e. The van der Waals surface area contributed by atoms with E-state index in [-0.39, 0.29) is 5.91 Å². The SMILES string of the molecule is CCN(CC)c1nc2sc(C(=O)NC3CCNCC3)cc2s1. The van der Waals surface area contributed by atoms with E-state index in [1.165, 1.54) is 11.3 Å². The first kappa shape index (κ1) is 15.7. The van der Waals surface area contributed by atoms with Crippen LogP contribution in [0.2, 0.25) is 0 Å². The minimum Gasteiger partial charge on any atom is -0.349 e. The van der Waals surface area contributed by atoms with Crippen molar-refractivity contribution < 1.29 is 4.79 Å². The second-order valence-electron chi connectivity index (χ2n) is 5.45. The van der Waals surface area contributed by atoms with E-state index in [1.54, 1.807) is 11.3 Å². The van der Waals surface area contributed by atoms with Crippen molar-refractivity contribution in [3.05, 3.63) is 10.9 Å². The summed E-state index contributed by atoms with van der Waals surface area (Å²) in [5, 5.41) is 7.51. The number of hydrogen-bond acceptors (Lipinski definition) is 6. The maximum atomic E-state index is 12.4. The zero-order chi connectivity index (χ0) is 15.5. The Morgan fingerprint density at radius 1 is 1.36 bits per heavy atom. The Balaban J connectivity index is 1.71. The number of fused-ring (bicyclic) bond motifs is 1. The normalized spacial score (nSPS) is 16.1. The largest absolute Gasteiger partial charge is 0.349 e. The number of carbonyl (C=O) groups excluding carboxylic acids is 1. The first-order valence-corrected chi connectivity index (χ1v) is 9.51. The van der Waals surface area contributed by atoms with Crippen molar-refractivity contribution in [3.8, 4) is 0 Å². The van der Waals surface area contributed by atoms with Crippen LogP contribution in [0.25, 0.3) is 9.53 Å². The van der Waals surface area contributed by atoms with Crippen molar-refractivity contribution in [1.82, 2.24) is 15.6 Å². The molecule has 1 fully saturated rings. The van der Waals surface area contributed by atoms with Crippen LogP contribution in [0.1, 0.15) is 36.4 Å². The predicted octanol–water partition coefficient (Wildman–Crippen LogP) is 2.69. The molecule has 0 bridgehead atoms. The number of piperidine rings is 1. The Labute approximate surface area is 138 Å². The highest BCUT2D eigenvalue weighted by Gasteiger charge is 2.19. The Morgan fingerprint density at radius 2 is 2.09 bits per heavy atom. The molecule has 0 aliphatic carbocycles. The molecule has 0 atom stereocenters. The summed E-state index contributed by atoms with van der Waals surface area (Å²) in [6, 6.07) is 2.29. The summed E-state index contributed by atoms with van der Waals surface area (Å²) in [7, 11) is 0. The van der Waals surface area contributed by atoms with Gasteiger partial charge in [-0.3, -0.25) is 4.79 Å². The van der Waals surface area contributed by atoms with E-state index < -0.39 is 0 Å². The Hall–Kier alpha value is -1.18. The van der Waals surface area contributed by atoms with Gasteiger partial charge in [-0.05, 0) is 45.8 Å². The molecule has 1 amide bonds. The van der Waals surface area contributed by atoms with Crippen LogP contribution in [-0.4, -0.2) is 43.1 Å². The van der Waals surface area contributed by atoms with Gasteiger partial charge in [0.15, 0.2) is 5.13 Å². The average Bonchev–Trinajstić information content (AvgIpc) is 3.08. The number of amides is 1. The quantitative estimate of drug-likeness (QED) is 0.880. The molecule has 7 heteroatoms. The second kappa shape index (κ2) is 6.93. The summed E-state index contributed by atoms with van der Waals surface area (Å²) < 4.78 is 1.11. The van der Waals surface area contributed by atoms with Crippen LogP contribution in [0.15, 0.2) is 6.07 Å². The number of aromatic nitrogens is 1. The van der Waals surface area contributed by atoms with E-state index in [4.69, 9.17) is 0 Å². The van der Waals surface area contributed by atoms with Crippen LogP contribution in [0.5, 0.6) is 0 Å². The highest BCUT2D eigenvalue weighted by atomic mass is 32.1. The first-order chi connectivity index (χ1) is 10.7. The van der Waals surface area contributed by atoms with Crippen molar-refractivity contribution in [1.29, 1.82) is 0 Å². The van der Waals surface area contributed by atoms with Gasteiger partial charge in [0.2, 0.25) is 0 Å². The highest BCUT2D eigenvalue weighted by molar-refractivity contribution is 7.29. The third kappa shape index (κ3) is 3.26. The zero-order valence-corrected chi connectivity index (χ0v) is 14.6. The second-order valence-corrected chi connectivity index (χ2v) is 7.49. The molecule has 1 saturated heterocycles. The van der Waals surface area contributed by atoms with Crippen LogP contribution in [-0.2, 0) is 0 Å². The lowest BCUT2D eigenvalue weighted by Crippen LogP contribution is -2.42. The molecule has 3 rings (SSSR count). The van der Waals surface area contributed by atoms with E-state index in [1.807, 2.05) is 6.07 Å². The van der Waals surface area contributed by atoms with Crippen molar-refractivity contribution >= 4 is 43.2 Å². The molecule has 0 radical (unpaired) electrons. The Kier molecular flexibility index (Phi) is 4.95. The number of hydrogen-bond donors (Lipinski definition) is 2. The average molecular weight is 339 g/mol. The van der Waals surface area contributed by atoms with Gasteiger partial charge in [0.25, 0.3) is 5.91 Å². The number of anilines is 1. The first-order valence-electron chi connectivity index (χ1n) is 7.88. The molecule has 0 saturated carbocycles. The minimum atomic E-state index is 0.0477. The summed E-state index contributed by atoms with van der Waals surface area (Å²) >= 11 is 3.17. The van der Waals surface area contributed by atoms with E-state index in [0.29, 0.717) is 6.04 Å². The molecular formula is C15H22N4OS2. The molecule has 0 unspecified atom stereocenters. The van der Waals surface area contributed by atoms with Crippen LogP contribution >= 0.6 is 22.7 Å². The van der Waals surface area contributed by atoms with Crippen LogP contribution in [0, 0.1) is 0 Å². The fraction of sp³-hybridized carbons (Fsp3) is 0.600. The molecule has 22 heavy (non-hydrogen) atoms. The molecule has 120 valence electrons. The van der Waals surface area contributed by atoms with E-state index >= 15 is 0 Å². The number of nitrogens with one attached hydrogen (secondary N) is 2. The summed E-state index contributed by atoms with van der Waals surface area (Å²) in [4.78, 5) is 21.0. The monoisotopic (exact) mass is 338 g/mol. The van der Waals surface area contributed by atoms with Gasteiger partial charge in [-0.15, -0.1) is 11.3 Å². The molecule has 1 aliphatic rings. The number of thiazole rings is 1. The topological polar surface area (TPSA) is 57.3 Å². The lowest BCUT2D eigenvalue weighted by atomic mass is 10.1. The predicted molar refractivity (Wildman–Crippen MR) is 94.4 cm³/mol. The van der Waals surface area contributed by atoms with Crippen molar-refractivity contribution in [2.24, 2.45) is 0 Å². The fourth-order valence-corrected chi connectivity index (χ4v) is 4.93. The molecule has 1 aliphatic heterocycles. The summed E-state index contributed by atoms with van der Waals surface area (Å²) in [5.41, 5.74) is 0. The van der Waals surface area contributed by atoms with Gasteiger partial charge in [0, 0.05) is 19.1 Å². The van der Waals surface area contributed by atoms with Crippen molar-refractivity contribution in [2.75, 3.05) is 31.1 Å². The highest BCUT2D eigenvalue weighted by Crippen LogP contribution is 2.34. The van der Waals surface area contributed by atoms with Crippen LogP contribution in [0.4, 0.5) is 5.13 Å². The Bertz CT molecular complexity index is 610. The van der Waals surface area contributed by atoms with Gasteiger partial charge in [0.1, 0.15) is 4.83 Å². The Morgan fingerprint density at radius 3 is 2.73 bits per heavy atom. The van der Waals surface area contributed by atoms with Gasteiger partial charge < -0.3 is 15.5 Å². The van der Waals surface area contributed by atoms with Crippen LogP contribution in [0.3, 0.4) is 0 Å². The number of thiophene rings is 1. The van der Waals surface area contributed by atoms with Gasteiger partial charge >= 0.3 is 0 Å². The number of rotatable bonds is 5. The van der Waals surface area contributed by atoms with E-state index in [0.717, 1.165) is 58.6 Å². The van der Waals surface area contributed by atoms with Gasteiger partial charge in [0.05, 0.1) is 9.58 Å². The lowest BCUT2D eigenvalue weighted by molar-refractivity contribution is 0.0934. The molecule has 2 aromatic heterocycles. The molecule has 0 spiro atoms. The molecule has 0 aromatic carbocycles. The van der Waals surface area contributed by atoms with Crippen molar-refractivity contribution in [2.45, 2.75) is 32.7 Å². The third-order valence-electron chi connectivity index (χ3n) is 4.01. The van der Waals surface area contributed by atoms with Gasteiger partial charge in [-0.2, -0.15) is 0 Å². The standard InChI is InChI=1S/C15H22N4OS2/c1-3-19(4-2)15-18-14-12(22-15)9-11(21-14)13(20)17-10-5-7-16-8-6-10/h9-10,16H,3-8H2,1-2H3,(H,17,20). The van der Waals surface area contributed by atoms with Gasteiger partial charge in [-0.25, -0.2) is 4.98 Å². The molecular weight excluding hydrogens is 316 g/mol. The lowest BCUT2D eigenvalue weighted by Gasteiger charge is -2.23. The van der Waals surface area contributed by atoms with Crippen LogP contribution < -0.4 is 15.5 Å². The third-order valence-corrected chi connectivity index (χ3v) is 6.23. The summed E-state index contributed by atoms with van der Waals surface area (Å²) in [6.07, 6.45) is 2.02. The maximum absolute atomic E-state index is 12.4. The maximum Gasteiger partial charge on any atom is 0.261 e. The summed E-state index contributed by atoms with van der Waals surface area (Å²) in [5.74, 6) is 0.0477. The molecule has 2 N–H and O–H groups in total. The van der Waals surface area contributed by atoms with Gasteiger partial charge in [-0.1, -0.05) is 11.3 Å². The minimum absolute atomic E-state index is 0.0477. The van der Waals surface area contributed by atoms with E-state index in [2.05, 4.69) is 34.4 Å². The fourth-order valence-electron chi connectivity index (χ4n) is 2.69. The summed E-state index contributed by atoms with van der Waals surface area (Å²) in [6.45, 7) is 8.16. The van der Waals surface area contributed by atoms with Crippen molar-refractivity contribution in [3.63, 3.8) is 0 Å². The number of nitrogens with zero attached hydrogens (tertiary/aromatic N) is 2. The zero-order valence-electron chi connectivity index (χ0n) is 13.0. The molecule has 3 heterocycles. The van der Waals surface area contributed by atoms with E-state index in [9.17, 15) is 4.79 Å². The number of carbonyl (C=O) groups is 1. The molecule has 2 aromatic rings. The molecule has 5 nitrogen and oxygen atoms in total.